The first-order chi connectivity index (χ1) is 13.1. The molecular formula is C20H21BrN2O3S. The molecule has 5 nitrogen and oxygen atoms in total. The van der Waals surface area contributed by atoms with Crippen molar-refractivity contribution in [3.63, 3.8) is 0 Å². The maximum absolute atomic E-state index is 12.8. The molecule has 27 heavy (non-hydrogen) atoms. The van der Waals surface area contributed by atoms with Crippen molar-refractivity contribution in [2.75, 3.05) is 32.8 Å². The third-order valence-electron chi connectivity index (χ3n) is 4.92. The van der Waals surface area contributed by atoms with Crippen molar-refractivity contribution in [3.8, 4) is 0 Å². The van der Waals surface area contributed by atoms with E-state index in [0.29, 0.717) is 12.3 Å². The van der Waals surface area contributed by atoms with Gasteiger partial charge >= 0.3 is 0 Å². The molecule has 1 amide bonds. The molecule has 0 bridgehead atoms. The van der Waals surface area contributed by atoms with Crippen LogP contribution < -0.4 is 5.32 Å². The summed E-state index contributed by atoms with van der Waals surface area (Å²) in [6, 6.07) is 10.1. The van der Waals surface area contributed by atoms with E-state index >= 15 is 0 Å². The SMILES string of the molecule is Cc1c(C(=O)NCC(c2cccs2)N2CCOCC2)oc2ccc(Br)cc12. The fourth-order valence-electron chi connectivity index (χ4n) is 3.46. The van der Waals surface area contributed by atoms with E-state index in [2.05, 4.69) is 43.7 Å². The molecule has 1 saturated heterocycles. The van der Waals surface area contributed by atoms with Gasteiger partial charge in [0.15, 0.2) is 5.76 Å². The lowest BCUT2D eigenvalue weighted by Crippen LogP contribution is -2.43. The van der Waals surface area contributed by atoms with Gasteiger partial charge in [0.2, 0.25) is 0 Å². The first kappa shape index (κ1) is 18.7. The van der Waals surface area contributed by atoms with Crippen molar-refractivity contribution in [2.45, 2.75) is 13.0 Å². The number of aryl methyl sites for hydroxylation is 1. The number of ether oxygens (including phenoxy) is 1. The Hall–Kier alpha value is -1.67. The number of carbonyl (C=O) groups excluding carboxylic acids is 1. The number of halogens is 1. The molecule has 1 aromatic carbocycles. The van der Waals surface area contributed by atoms with Crippen molar-refractivity contribution in [3.05, 3.63) is 56.4 Å². The van der Waals surface area contributed by atoms with Crippen LogP contribution >= 0.6 is 27.3 Å². The number of amides is 1. The number of nitrogens with zero attached hydrogens (tertiary/aromatic N) is 1. The molecule has 1 N–H and O–H groups in total. The van der Waals surface area contributed by atoms with Crippen molar-refractivity contribution < 1.29 is 13.9 Å². The minimum absolute atomic E-state index is 0.150. The van der Waals surface area contributed by atoms with E-state index in [9.17, 15) is 4.79 Å². The molecular weight excluding hydrogens is 428 g/mol. The number of morpholine rings is 1. The molecule has 0 aliphatic carbocycles. The van der Waals surface area contributed by atoms with Crippen molar-refractivity contribution in [2.24, 2.45) is 0 Å². The van der Waals surface area contributed by atoms with E-state index in [-0.39, 0.29) is 11.9 Å². The zero-order chi connectivity index (χ0) is 18.8. The lowest BCUT2D eigenvalue weighted by molar-refractivity contribution is 0.0168. The number of thiophene rings is 1. The van der Waals surface area contributed by atoms with Gasteiger partial charge in [-0.25, -0.2) is 0 Å². The van der Waals surface area contributed by atoms with Gasteiger partial charge in [0, 0.05) is 39.9 Å². The number of hydrogen-bond acceptors (Lipinski definition) is 5. The summed E-state index contributed by atoms with van der Waals surface area (Å²) in [7, 11) is 0. The molecule has 3 aromatic rings. The number of carbonyl (C=O) groups is 1. The lowest BCUT2D eigenvalue weighted by atomic mass is 10.1. The standard InChI is InChI=1S/C20H21BrN2O3S/c1-13-15-11-14(21)4-5-17(15)26-19(13)20(24)22-12-16(18-3-2-10-27-18)23-6-8-25-9-7-23/h2-5,10-11,16H,6-9,12H2,1H3,(H,22,24). The van der Waals surface area contributed by atoms with Crippen LogP contribution in [0, 0.1) is 6.92 Å². The molecule has 0 spiro atoms. The van der Waals surface area contributed by atoms with Gasteiger partial charge in [-0.15, -0.1) is 11.3 Å². The van der Waals surface area contributed by atoms with Crippen LogP contribution in [0.3, 0.4) is 0 Å². The van der Waals surface area contributed by atoms with Crippen LogP contribution in [0.15, 0.2) is 44.6 Å². The molecule has 1 fully saturated rings. The topological polar surface area (TPSA) is 54.7 Å². The predicted molar refractivity (Wildman–Crippen MR) is 110 cm³/mol. The van der Waals surface area contributed by atoms with Gasteiger partial charge in [0.05, 0.1) is 19.3 Å². The lowest BCUT2D eigenvalue weighted by Gasteiger charge is -2.34. The summed E-state index contributed by atoms with van der Waals surface area (Å²) in [4.78, 5) is 16.4. The Labute approximate surface area is 170 Å². The highest BCUT2D eigenvalue weighted by Gasteiger charge is 2.25. The highest BCUT2D eigenvalue weighted by Crippen LogP contribution is 2.29. The second kappa shape index (κ2) is 8.14. The van der Waals surface area contributed by atoms with E-state index in [1.54, 1.807) is 11.3 Å². The fraction of sp³-hybridized carbons (Fsp3) is 0.350. The van der Waals surface area contributed by atoms with Crippen molar-refractivity contribution in [1.82, 2.24) is 10.2 Å². The van der Waals surface area contributed by atoms with Gasteiger partial charge in [0.1, 0.15) is 5.58 Å². The average molecular weight is 449 g/mol. The number of benzene rings is 1. The monoisotopic (exact) mass is 448 g/mol. The van der Waals surface area contributed by atoms with Crippen LogP contribution in [0.2, 0.25) is 0 Å². The number of nitrogens with one attached hydrogen (secondary N) is 1. The molecule has 1 aliphatic heterocycles. The van der Waals surface area contributed by atoms with Crippen LogP contribution in [0.1, 0.15) is 27.0 Å². The summed E-state index contributed by atoms with van der Waals surface area (Å²) in [5.41, 5.74) is 1.59. The molecule has 0 saturated carbocycles. The zero-order valence-electron chi connectivity index (χ0n) is 15.0. The van der Waals surface area contributed by atoms with Crippen LogP contribution in [0.5, 0.6) is 0 Å². The molecule has 1 aliphatic rings. The molecule has 4 rings (SSSR count). The number of fused-ring (bicyclic) bond motifs is 1. The Balaban J connectivity index is 1.52. The molecule has 2 aromatic heterocycles. The Morgan fingerprint density at radius 1 is 1.33 bits per heavy atom. The Kier molecular flexibility index (Phi) is 5.63. The predicted octanol–water partition coefficient (Wildman–Crippen LogP) is 4.37. The highest BCUT2D eigenvalue weighted by molar-refractivity contribution is 9.10. The summed E-state index contributed by atoms with van der Waals surface area (Å²) < 4.78 is 12.3. The van der Waals surface area contributed by atoms with Crippen molar-refractivity contribution in [1.29, 1.82) is 0 Å². The van der Waals surface area contributed by atoms with Gasteiger partial charge in [-0.2, -0.15) is 0 Å². The molecule has 3 heterocycles. The number of rotatable bonds is 5. The van der Waals surface area contributed by atoms with Crippen LogP contribution in [-0.2, 0) is 4.74 Å². The van der Waals surface area contributed by atoms with Crippen LogP contribution in [0.25, 0.3) is 11.0 Å². The zero-order valence-corrected chi connectivity index (χ0v) is 17.4. The molecule has 142 valence electrons. The van der Waals surface area contributed by atoms with Gasteiger partial charge < -0.3 is 14.5 Å². The molecule has 7 heteroatoms. The van der Waals surface area contributed by atoms with Gasteiger partial charge in [-0.3, -0.25) is 9.69 Å². The first-order valence-corrected chi connectivity index (χ1v) is 10.6. The molecule has 1 unspecified atom stereocenters. The third kappa shape index (κ3) is 3.96. The summed E-state index contributed by atoms with van der Waals surface area (Å²) in [6.07, 6.45) is 0. The summed E-state index contributed by atoms with van der Waals surface area (Å²) in [6.45, 7) is 5.67. The van der Waals surface area contributed by atoms with Gasteiger partial charge in [-0.05, 0) is 36.6 Å². The Morgan fingerprint density at radius 3 is 2.89 bits per heavy atom. The molecule has 1 atom stereocenters. The minimum atomic E-state index is -0.172. The largest absolute Gasteiger partial charge is 0.451 e. The maximum atomic E-state index is 12.8. The smallest absolute Gasteiger partial charge is 0.287 e. The highest BCUT2D eigenvalue weighted by atomic mass is 79.9. The first-order valence-electron chi connectivity index (χ1n) is 8.95. The Bertz CT molecular complexity index is 932. The van der Waals surface area contributed by atoms with E-state index < -0.39 is 0 Å². The van der Waals surface area contributed by atoms with Crippen molar-refractivity contribution >= 4 is 44.1 Å². The summed E-state index contributed by atoms with van der Waals surface area (Å²) >= 11 is 5.19. The normalized spacial score (nSPS) is 16.5. The minimum Gasteiger partial charge on any atom is -0.451 e. The Morgan fingerprint density at radius 2 is 2.15 bits per heavy atom. The quantitative estimate of drug-likeness (QED) is 0.629. The number of furan rings is 1. The fourth-order valence-corrected chi connectivity index (χ4v) is 4.68. The third-order valence-corrected chi connectivity index (χ3v) is 6.39. The van der Waals surface area contributed by atoms with Gasteiger partial charge in [0.25, 0.3) is 5.91 Å². The second-order valence-corrected chi connectivity index (χ2v) is 8.48. The molecule has 0 radical (unpaired) electrons. The van der Waals surface area contributed by atoms with E-state index in [0.717, 1.165) is 47.3 Å². The van der Waals surface area contributed by atoms with E-state index in [1.807, 2.05) is 25.1 Å². The van der Waals surface area contributed by atoms with Crippen LogP contribution in [-0.4, -0.2) is 43.7 Å². The van der Waals surface area contributed by atoms with Crippen LogP contribution in [0.4, 0.5) is 0 Å². The second-order valence-electron chi connectivity index (χ2n) is 6.59. The number of hydrogen-bond donors (Lipinski definition) is 1. The van der Waals surface area contributed by atoms with E-state index in [1.165, 1.54) is 4.88 Å². The average Bonchev–Trinajstić information content (AvgIpc) is 3.32. The van der Waals surface area contributed by atoms with E-state index in [4.69, 9.17) is 9.15 Å². The van der Waals surface area contributed by atoms with Gasteiger partial charge in [-0.1, -0.05) is 22.0 Å². The summed E-state index contributed by atoms with van der Waals surface area (Å²) in [5.74, 6) is 0.213. The summed E-state index contributed by atoms with van der Waals surface area (Å²) in [5, 5.41) is 6.11. The maximum Gasteiger partial charge on any atom is 0.287 e.